The Bertz CT molecular complexity index is 912. The summed E-state index contributed by atoms with van der Waals surface area (Å²) >= 11 is 0. The highest BCUT2D eigenvalue weighted by atomic mass is 19.1. The average Bonchev–Trinajstić information content (AvgIpc) is 3.38. The zero-order valence-corrected chi connectivity index (χ0v) is 18.7. The number of nitriles is 1. The van der Waals surface area contributed by atoms with Crippen molar-refractivity contribution in [3.05, 3.63) is 65.5 Å². The summed E-state index contributed by atoms with van der Waals surface area (Å²) in [4.78, 5) is 2.44. The van der Waals surface area contributed by atoms with Gasteiger partial charge in [-0.15, -0.1) is 0 Å². The smallest absolute Gasteiger partial charge is 0.123 e. The Labute approximate surface area is 190 Å². The third kappa shape index (κ3) is 5.14. The number of nitrogens with zero attached hydrogens (tertiary/aromatic N) is 2. The fraction of sp³-hybridized carbons (Fsp3) is 0.519. The maximum Gasteiger partial charge on any atom is 0.123 e. The van der Waals surface area contributed by atoms with Crippen molar-refractivity contribution in [2.75, 3.05) is 26.2 Å². The van der Waals surface area contributed by atoms with Gasteiger partial charge in [-0.1, -0.05) is 25.0 Å². The summed E-state index contributed by atoms with van der Waals surface area (Å²) in [5.74, 6) is 0.915. The molecular formula is C27H33FN2O2. The predicted molar refractivity (Wildman–Crippen MR) is 123 cm³/mol. The Balaban J connectivity index is 1.29. The van der Waals surface area contributed by atoms with Gasteiger partial charge >= 0.3 is 0 Å². The minimum atomic E-state index is -0.927. The number of hydrogen-bond acceptors (Lipinski definition) is 4. The molecule has 4 nitrogen and oxygen atoms in total. The molecule has 1 aliphatic heterocycles. The summed E-state index contributed by atoms with van der Waals surface area (Å²) in [7, 11) is 0. The first-order chi connectivity index (χ1) is 15.6. The number of rotatable bonds is 8. The molecule has 1 N–H and O–H groups in total. The van der Waals surface area contributed by atoms with Crippen LogP contribution in [0.25, 0.3) is 0 Å². The van der Waals surface area contributed by atoms with Crippen LogP contribution in [-0.2, 0) is 5.60 Å². The van der Waals surface area contributed by atoms with E-state index in [1.54, 1.807) is 24.3 Å². The number of likely N-dealkylation sites (tertiary alicyclic amines) is 1. The summed E-state index contributed by atoms with van der Waals surface area (Å²) in [6.45, 7) is 3.50. The van der Waals surface area contributed by atoms with Gasteiger partial charge in [-0.3, -0.25) is 0 Å². The highest BCUT2D eigenvalue weighted by Crippen LogP contribution is 2.48. The van der Waals surface area contributed by atoms with Gasteiger partial charge < -0.3 is 14.7 Å². The van der Waals surface area contributed by atoms with Gasteiger partial charge in [0.2, 0.25) is 0 Å². The molecule has 32 heavy (non-hydrogen) atoms. The molecule has 1 atom stereocenters. The summed E-state index contributed by atoms with van der Waals surface area (Å²) < 4.78 is 19.8. The maximum absolute atomic E-state index is 14.0. The van der Waals surface area contributed by atoms with Crippen LogP contribution in [0, 0.1) is 29.0 Å². The second-order valence-corrected chi connectivity index (χ2v) is 9.27. The SMILES string of the molecule is N#Cc1ccc(OCCCN2CCC(C(O)(c3cccc(F)c3)C3CCCC3)CC2)cc1. The van der Waals surface area contributed by atoms with Gasteiger partial charge in [-0.25, -0.2) is 4.39 Å². The lowest BCUT2D eigenvalue weighted by atomic mass is 9.68. The third-order valence-corrected chi connectivity index (χ3v) is 7.35. The van der Waals surface area contributed by atoms with Gasteiger partial charge in [-0.05, 0) is 99.0 Å². The van der Waals surface area contributed by atoms with Gasteiger partial charge in [0.1, 0.15) is 11.6 Å². The van der Waals surface area contributed by atoms with Crippen molar-refractivity contribution < 1.29 is 14.2 Å². The molecule has 0 aromatic heterocycles. The van der Waals surface area contributed by atoms with Gasteiger partial charge in [0, 0.05) is 6.54 Å². The molecule has 0 amide bonds. The Hall–Kier alpha value is -2.42. The molecule has 0 bridgehead atoms. The Kier molecular flexibility index (Phi) is 7.44. The van der Waals surface area contributed by atoms with Crippen LogP contribution in [0.2, 0.25) is 0 Å². The monoisotopic (exact) mass is 436 g/mol. The van der Waals surface area contributed by atoms with Crippen LogP contribution >= 0.6 is 0 Å². The van der Waals surface area contributed by atoms with E-state index in [1.165, 1.54) is 6.07 Å². The number of aliphatic hydroxyl groups is 1. The molecule has 4 rings (SSSR count). The number of piperidine rings is 1. The highest BCUT2D eigenvalue weighted by Gasteiger charge is 2.46. The summed E-state index contributed by atoms with van der Waals surface area (Å²) in [6, 6.07) is 16.0. The average molecular weight is 437 g/mol. The first-order valence-corrected chi connectivity index (χ1v) is 11.9. The predicted octanol–water partition coefficient (Wildman–Crippen LogP) is 5.26. The van der Waals surface area contributed by atoms with Crippen molar-refractivity contribution in [2.24, 2.45) is 11.8 Å². The molecule has 2 aromatic carbocycles. The Morgan fingerprint density at radius 3 is 2.38 bits per heavy atom. The lowest BCUT2D eigenvalue weighted by Crippen LogP contribution is -2.47. The minimum absolute atomic E-state index is 0.165. The summed E-state index contributed by atoms with van der Waals surface area (Å²) in [5.41, 5.74) is 0.471. The van der Waals surface area contributed by atoms with Crippen molar-refractivity contribution in [2.45, 2.75) is 50.5 Å². The molecule has 170 valence electrons. The lowest BCUT2D eigenvalue weighted by molar-refractivity contribution is -0.0936. The quantitative estimate of drug-likeness (QED) is 0.574. The van der Waals surface area contributed by atoms with Crippen molar-refractivity contribution in [3.63, 3.8) is 0 Å². The molecule has 1 heterocycles. The number of benzene rings is 2. The number of halogens is 1. The van der Waals surface area contributed by atoms with E-state index in [2.05, 4.69) is 11.0 Å². The molecule has 0 radical (unpaired) electrons. The van der Waals surface area contributed by atoms with E-state index < -0.39 is 5.60 Å². The topological polar surface area (TPSA) is 56.5 Å². The number of ether oxygens (including phenoxy) is 1. The van der Waals surface area contributed by atoms with Crippen LogP contribution in [-0.4, -0.2) is 36.2 Å². The highest BCUT2D eigenvalue weighted by molar-refractivity contribution is 5.34. The normalized spacial score (nSPS) is 20.0. The molecular weight excluding hydrogens is 403 g/mol. The van der Waals surface area contributed by atoms with Crippen LogP contribution in [0.5, 0.6) is 5.75 Å². The first-order valence-electron chi connectivity index (χ1n) is 11.9. The van der Waals surface area contributed by atoms with Gasteiger partial charge in [0.15, 0.2) is 0 Å². The molecule has 2 fully saturated rings. The molecule has 1 saturated heterocycles. The molecule has 2 aliphatic rings. The standard InChI is InChI=1S/C27H33FN2O2/c28-25-8-3-7-24(19-25)27(31,22-5-1-2-6-22)23-13-16-30(17-14-23)15-4-18-32-26-11-9-21(20-29)10-12-26/h3,7-12,19,22-23,31H,1-2,4-6,13-18H2. The first kappa shape index (κ1) is 22.8. The van der Waals surface area contributed by atoms with E-state index >= 15 is 0 Å². The third-order valence-electron chi connectivity index (χ3n) is 7.35. The van der Waals surface area contributed by atoms with E-state index in [0.717, 1.165) is 75.9 Å². The van der Waals surface area contributed by atoms with Crippen LogP contribution in [0.1, 0.15) is 56.1 Å². The fourth-order valence-corrected chi connectivity index (χ4v) is 5.61. The fourth-order valence-electron chi connectivity index (χ4n) is 5.61. The van der Waals surface area contributed by atoms with Crippen molar-refractivity contribution in [1.29, 1.82) is 5.26 Å². The van der Waals surface area contributed by atoms with E-state index in [0.29, 0.717) is 12.2 Å². The molecule has 1 saturated carbocycles. The maximum atomic E-state index is 14.0. The van der Waals surface area contributed by atoms with Crippen LogP contribution in [0.4, 0.5) is 4.39 Å². The van der Waals surface area contributed by atoms with Crippen molar-refractivity contribution in [1.82, 2.24) is 4.90 Å². The Morgan fingerprint density at radius 1 is 1.03 bits per heavy atom. The van der Waals surface area contributed by atoms with E-state index in [-0.39, 0.29) is 17.7 Å². The van der Waals surface area contributed by atoms with Crippen molar-refractivity contribution in [3.8, 4) is 11.8 Å². The second-order valence-electron chi connectivity index (χ2n) is 9.27. The van der Waals surface area contributed by atoms with E-state index in [4.69, 9.17) is 10.00 Å². The van der Waals surface area contributed by atoms with Crippen LogP contribution in [0.3, 0.4) is 0 Å². The van der Waals surface area contributed by atoms with E-state index in [1.807, 2.05) is 18.2 Å². The largest absolute Gasteiger partial charge is 0.494 e. The summed E-state index contributed by atoms with van der Waals surface area (Å²) in [6.07, 6.45) is 7.15. The second kappa shape index (κ2) is 10.5. The van der Waals surface area contributed by atoms with Gasteiger partial charge in [-0.2, -0.15) is 5.26 Å². The molecule has 2 aromatic rings. The summed E-state index contributed by atoms with van der Waals surface area (Å²) in [5, 5.41) is 20.8. The van der Waals surface area contributed by atoms with Crippen molar-refractivity contribution >= 4 is 0 Å². The van der Waals surface area contributed by atoms with Gasteiger partial charge in [0.05, 0.1) is 23.8 Å². The molecule has 5 heteroatoms. The van der Waals surface area contributed by atoms with E-state index in [9.17, 15) is 9.50 Å². The molecule has 1 aliphatic carbocycles. The molecule has 1 unspecified atom stereocenters. The van der Waals surface area contributed by atoms with Gasteiger partial charge in [0.25, 0.3) is 0 Å². The zero-order valence-electron chi connectivity index (χ0n) is 18.7. The minimum Gasteiger partial charge on any atom is -0.494 e. The number of hydrogen-bond donors (Lipinski definition) is 1. The zero-order chi connectivity index (χ0) is 22.4. The van der Waals surface area contributed by atoms with Crippen LogP contribution < -0.4 is 4.74 Å². The Morgan fingerprint density at radius 2 is 1.72 bits per heavy atom. The lowest BCUT2D eigenvalue weighted by Gasteiger charge is -2.45. The van der Waals surface area contributed by atoms with Crippen LogP contribution in [0.15, 0.2) is 48.5 Å². The molecule has 0 spiro atoms.